The van der Waals surface area contributed by atoms with E-state index >= 15 is 0 Å². The van der Waals surface area contributed by atoms with Crippen molar-refractivity contribution in [3.05, 3.63) is 34.3 Å². The van der Waals surface area contributed by atoms with E-state index < -0.39 is 0 Å². The molecule has 2 nitrogen and oxygen atoms in total. The van der Waals surface area contributed by atoms with Crippen LogP contribution in [0.5, 0.6) is 0 Å². The Kier molecular flexibility index (Phi) is 3.72. The van der Waals surface area contributed by atoms with Crippen LogP contribution in [0.3, 0.4) is 0 Å². The van der Waals surface area contributed by atoms with Crippen LogP contribution in [0.15, 0.2) is 28.7 Å². The maximum Gasteiger partial charge on any atom is 0.0455 e. The van der Waals surface area contributed by atoms with Crippen LogP contribution in [0.2, 0.25) is 0 Å². The Morgan fingerprint density at radius 3 is 2.83 bits per heavy atom. The summed E-state index contributed by atoms with van der Waals surface area (Å²) in [6.07, 6.45) is 0. The van der Waals surface area contributed by atoms with Gasteiger partial charge in [-0.3, -0.25) is 4.90 Å². The first-order valence-electron chi connectivity index (χ1n) is 3.85. The largest absolute Gasteiger partial charge is 0.318 e. The number of hydrogen-bond acceptors (Lipinski definition) is 2. The molecule has 12 heavy (non-hydrogen) atoms. The zero-order valence-electron chi connectivity index (χ0n) is 7.13. The summed E-state index contributed by atoms with van der Waals surface area (Å²) in [6, 6.07) is 8.25. The molecule has 0 aromatic heterocycles. The molecule has 0 radical (unpaired) electrons. The summed E-state index contributed by atoms with van der Waals surface area (Å²) in [5, 5.41) is 0. The Labute approximate surface area is 81.5 Å². The summed E-state index contributed by atoms with van der Waals surface area (Å²) >= 11 is 3.42. The molecule has 0 aliphatic heterocycles. The van der Waals surface area contributed by atoms with E-state index in [1.165, 1.54) is 5.56 Å². The van der Waals surface area contributed by atoms with E-state index in [0.29, 0.717) is 6.67 Å². The van der Waals surface area contributed by atoms with Gasteiger partial charge in [0.05, 0.1) is 0 Å². The van der Waals surface area contributed by atoms with Crippen molar-refractivity contribution >= 4 is 15.9 Å². The molecule has 0 fully saturated rings. The fourth-order valence-electron chi connectivity index (χ4n) is 1.01. The molecule has 0 saturated carbocycles. The Morgan fingerprint density at radius 1 is 1.50 bits per heavy atom. The van der Waals surface area contributed by atoms with Crippen molar-refractivity contribution in [1.82, 2.24) is 4.90 Å². The monoisotopic (exact) mass is 228 g/mol. The second-order valence-corrected chi connectivity index (χ2v) is 3.74. The van der Waals surface area contributed by atoms with Gasteiger partial charge < -0.3 is 5.73 Å². The minimum Gasteiger partial charge on any atom is -0.318 e. The molecular formula is C9H13BrN2. The van der Waals surface area contributed by atoms with Gasteiger partial charge >= 0.3 is 0 Å². The van der Waals surface area contributed by atoms with E-state index in [2.05, 4.69) is 33.0 Å². The van der Waals surface area contributed by atoms with Gasteiger partial charge in [0.15, 0.2) is 0 Å². The summed E-state index contributed by atoms with van der Waals surface area (Å²) in [5.41, 5.74) is 6.75. The van der Waals surface area contributed by atoms with Gasteiger partial charge in [-0.05, 0) is 24.7 Å². The fraction of sp³-hybridized carbons (Fsp3) is 0.333. The topological polar surface area (TPSA) is 29.3 Å². The van der Waals surface area contributed by atoms with Crippen LogP contribution in [-0.2, 0) is 6.54 Å². The van der Waals surface area contributed by atoms with Gasteiger partial charge in [0.2, 0.25) is 0 Å². The summed E-state index contributed by atoms with van der Waals surface area (Å²) in [7, 11) is 2.00. The summed E-state index contributed by atoms with van der Waals surface area (Å²) in [4.78, 5) is 2.06. The molecule has 1 aromatic rings. The first kappa shape index (κ1) is 9.71. The van der Waals surface area contributed by atoms with Crippen LogP contribution >= 0.6 is 15.9 Å². The zero-order chi connectivity index (χ0) is 8.97. The minimum atomic E-state index is 0.590. The SMILES string of the molecule is CN(CN)Cc1cccc(Br)c1. The molecule has 0 atom stereocenters. The van der Waals surface area contributed by atoms with Gasteiger partial charge in [-0.25, -0.2) is 0 Å². The summed E-state index contributed by atoms with van der Waals surface area (Å²) < 4.78 is 1.12. The van der Waals surface area contributed by atoms with Gasteiger partial charge in [0.25, 0.3) is 0 Å². The van der Waals surface area contributed by atoms with E-state index in [-0.39, 0.29) is 0 Å². The van der Waals surface area contributed by atoms with Crippen LogP contribution in [0.25, 0.3) is 0 Å². The van der Waals surface area contributed by atoms with Gasteiger partial charge in [0.1, 0.15) is 0 Å². The van der Waals surface area contributed by atoms with Crippen LogP contribution in [0, 0.1) is 0 Å². The van der Waals surface area contributed by atoms with Gasteiger partial charge in [0, 0.05) is 17.7 Å². The highest BCUT2D eigenvalue weighted by molar-refractivity contribution is 9.10. The van der Waals surface area contributed by atoms with Gasteiger partial charge in [-0.2, -0.15) is 0 Å². The first-order valence-corrected chi connectivity index (χ1v) is 4.64. The van der Waals surface area contributed by atoms with Crippen molar-refractivity contribution in [2.75, 3.05) is 13.7 Å². The third kappa shape index (κ3) is 2.93. The molecular weight excluding hydrogens is 216 g/mol. The summed E-state index contributed by atoms with van der Waals surface area (Å²) in [5.74, 6) is 0. The Hall–Kier alpha value is -0.380. The number of hydrogen-bond donors (Lipinski definition) is 1. The molecule has 0 spiro atoms. The number of halogens is 1. The Balaban J connectivity index is 2.63. The molecule has 0 amide bonds. The molecule has 0 saturated heterocycles. The molecule has 66 valence electrons. The van der Waals surface area contributed by atoms with Crippen molar-refractivity contribution in [1.29, 1.82) is 0 Å². The number of rotatable bonds is 3. The van der Waals surface area contributed by atoms with Crippen LogP contribution in [-0.4, -0.2) is 18.6 Å². The van der Waals surface area contributed by atoms with Crippen LogP contribution in [0.4, 0.5) is 0 Å². The van der Waals surface area contributed by atoms with E-state index in [1.54, 1.807) is 0 Å². The predicted octanol–water partition coefficient (Wildman–Crippen LogP) is 1.80. The Bertz CT molecular complexity index is 250. The maximum atomic E-state index is 5.47. The quantitative estimate of drug-likeness (QED) is 0.800. The minimum absolute atomic E-state index is 0.590. The summed E-state index contributed by atoms with van der Waals surface area (Å²) in [6.45, 7) is 1.49. The molecule has 2 N–H and O–H groups in total. The average Bonchev–Trinajstić information content (AvgIpc) is 2.04. The highest BCUT2D eigenvalue weighted by atomic mass is 79.9. The lowest BCUT2D eigenvalue weighted by molar-refractivity contribution is 0.337. The normalized spacial score (nSPS) is 10.7. The van der Waals surface area contributed by atoms with Crippen molar-refractivity contribution < 1.29 is 0 Å². The maximum absolute atomic E-state index is 5.47. The predicted molar refractivity (Wildman–Crippen MR) is 54.7 cm³/mol. The number of nitrogens with two attached hydrogens (primary N) is 1. The molecule has 0 aliphatic carbocycles. The lowest BCUT2D eigenvalue weighted by Crippen LogP contribution is -2.24. The smallest absolute Gasteiger partial charge is 0.0455 e. The lowest BCUT2D eigenvalue weighted by Gasteiger charge is -2.13. The lowest BCUT2D eigenvalue weighted by atomic mass is 10.2. The average molecular weight is 229 g/mol. The number of nitrogens with zero attached hydrogens (tertiary/aromatic N) is 1. The fourth-order valence-corrected chi connectivity index (χ4v) is 1.46. The molecule has 0 aliphatic rings. The van der Waals surface area contributed by atoms with E-state index in [0.717, 1.165) is 11.0 Å². The first-order chi connectivity index (χ1) is 5.72. The third-order valence-electron chi connectivity index (χ3n) is 1.65. The molecule has 0 unspecified atom stereocenters. The molecule has 1 rings (SSSR count). The van der Waals surface area contributed by atoms with E-state index in [9.17, 15) is 0 Å². The third-order valence-corrected chi connectivity index (χ3v) is 2.15. The molecule has 1 aromatic carbocycles. The zero-order valence-corrected chi connectivity index (χ0v) is 8.71. The highest BCUT2D eigenvalue weighted by Gasteiger charge is 1.97. The molecule has 0 heterocycles. The molecule has 0 bridgehead atoms. The van der Waals surface area contributed by atoms with Crippen LogP contribution in [0.1, 0.15) is 5.56 Å². The second kappa shape index (κ2) is 4.60. The number of benzene rings is 1. The Morgan fingerprint density at radius 2 is 2.25 bits per heavy atom. The van der Waals surface area contributed by atoms with Crippen molar-refractivity contribution in [2.45, 2.75) is 6.54 Å². The van der Waals surface area contributed by atoms with Crippen LogP contribution < -0.4 is 5.73 Å². The van der Waals surface area contributed by atoms with Gasteiger partial charge in [-0.1, -0.05) is 28.1 Å². The van der Waals surface area contributed by atoms with E-state index in [1.807, 2.05) is 19.2 Å². The van der Waals surface area contributed by atoms with Crippen molar-refractivity contribution in [3.63, 3.8) is 0 Å². The second-order valence-electron chi connectivity index (χ2n) is 2.83. The van der Waals surface area contributed by atoms with Crippen molar-refractivity contribution in [3.8, 4) is 0 Å². The van der Waals surface area contributed by atoms with Crippen molar-refractivity contribution in [2.24, 2.45) is 5.73 Å². The van der Waals surface area contributed by atoms with E-state index in [4.69, 9.17) is 5.73 Å². The molecule has 3 heteroatoms. The standard InChI is InChI=1S/C9H13BrN2/c1-12(7-11)6-8-3-2-4-9(10)5-8/h2-5H,6-7,11H2,1H3. The van der Waals surface area contributed by atoms with Gasteiger partial charge in [-0.15, -0.1) is 0 Å². The highest BCUT2D eigenvalue weighted by Crippen LogP contribution is 2.12.